The van der Waals surface area contributed by atoms with Crippen LogP contribution in [0.1, 0.15) is 93.6 Å². The van der Waals surface area contributed by atoms with Crippen LogP contribution in [-0.2, 0) is 43.5 Å². The lowest BCUT2D eigenvalue weighted by Crippen LogP contribution is -2.28. The first-order chi connectivity index (χ1) is 48.9. The number of aryl methyl sites for hydroxylation is 2. The maximum atomic E-state index is 12.6. The van der Waals surface area contributed by atoms with Gasteiger partial charge in [0.25, 0.3) is 0 Å². The molecule has 0 saturated heterocycles. The van der Waals surface area contributed by atoms with E-state index in [2.05, 4.69) is 147 Å². The molecule has 0 saturated carbocycles. The second-order valence-corrected chi connectivity index (χ2v) is 28.3. The summed E-state index contributed by atoms with van der Waals surface area (Å²) >= 11 is 12.8. The number of ketones is 2. The number of rotatable bonds is 20. The van der Waals surface area contributed by atoms with Crippen LogP contribution in [-0.4, -0.2) is 94.6 Å². The van der Waals surface area contributed by atoms with E-state index in [1.807, 2.05) is 146 Å². The predicted octanol–water partition coefficient (Wildman–Crippen LogP) is 18.8. The van der Waals surface area contributed by atoms with E-state index < -0.39 is 17.7 Å². The van der Waals surface area contributed by atoms with Gasteiger partial charge in [0.15, 0.2) is 11.6 Å². The van der Waals surface area contributed by atoms with E-state index in [4.69, 9.17) is 20.6 Å². The fourth-order valence-corrected chi connectivity index (χ4v) is 12.8. The summed E-state index contributed by atoms with van der Waals surface area (Å²) in [5.41, 5.74) is 15.6. The van der Waals surface area contributed by atoms with Crippen molar-refractivity contribution in [2.45, 2.75) is 72.6 Å². The first kappa shape index (κ1) is 78.3. The lowest BCUT2D eigenvalue weighted by molar-refractivity contribution is 0.0517. The highest BCUT2D eigenvalue weighted by molar-refractivity contribution is 9.10. The van der Waals surface area contributed by atoms with Gasteiger partial charge < -0.3 is 26.2 Å². The van der Waals surface area contributed by atoms with Gasteiger partial charge in [0.1, 0.15) is 66.4 Å². The number of hydrogen-bond acceptors (Lipinski definition) is 20. The number of aromatic amines is 3. The highest BCUT2D eigenvalue weighted by atomic mass is 79.9. The summed E-state index contributed by atoms with van der Waals surface area (Å²) in [7, 11) is 0. The average Bonchev–Trinajstić information content (AvgIpc) is 1.66. The molecule has 0 amide bonds. The number of nitrogens with one attached hydrogen (secondary N) is 5. The number of aromatic carboxylic acids is 1. The second-order valence-electron chi connectivity index (χ2n) is 22.9. The number of hydrogen-bond donors (Lipinski definition) is 7. The number of nitrogen functional groups attached to an aromatic ring is 1. The number of aromatic nitrogens is 12. The number of benzene rings is 2. The summed E-state index contributed by atoms with van der Waals surface area (Å²) in [6, 6.07) is 65.6. The van der Waals surface area contributed by atoms with Crippen LogP contribution in [0.25, 0.3) is 42.3 Å². The maximum absolute atomic E-state index is 12.6. The Hall–Kier alpha value is -10.4. The minimum atomic E-state index is -1.01. The van der Waals surface area contributed by atoms with Gasteiger partial charge in [-0.05, 0) is 189 Å². The van der Waals surface area contributed by atoms with Gasteiger partial charge in [0.05, 0.1) is 38.0 Å². The minimum absolute atomic E-state index is 0. The van der Waals surface area contributed by atoms with E-state index in [1.165, 1.54) is 32.5 Å². The number of carbonyl (C=O) groups excluding carboxylic acids is 3. The normalized spacial score (nSPS) is 10.5. The number of pyridine rings is 4. The van der Waals surface area contributed by atoms with Crippen molar-refractivity contribution in [3.05, 3.63) is 288 Å². The third-order valence-corrected chi connectivity index (χ3v) is 18.5. The van der Waals surface area contributed by atoms with Crippen molar-refractivity contribution in [3.8, 4) is 42.3 Å². The number of nitrogens with zero attached hydrogens (tertiary/aromatic N) is 9. The molecule has 12 aromatic heterocycles. The lowest BCUT2D eigenvalue weighted by Gasteiger charge is -2.19. The molecule has 528 valence electrons. The first-order valence-electron chi connectivity index (χ1n) is 31.3. The molecule has 0 fully saturated rings. The lowest BCUT2D eigenvalue weighted by atomic mass is 10.1. The quantitative estimate of drug-likeness (QED) is 0.0275. The highest BCUT2D eigenvalue weighted by Gasteiger charge is 2.23. The van der Waals surface area contributed by atoms with E-state index in [1.54, 1.807) is 76.5 Å². The van der Waals surface area contributed by atoms with Crippen molar-refractivity contribution in [1.29, 1.82) is 0 Å². The molecule has 21 nitrogen and oxygen atoms in total. The Morgan fingerprint density at radius 3 is 1.39 bits per heavy atom. The van der Waals surface area contributed by atoms with Crippen LogP contribution in [0.3, 0.4) is 0 Å². The molecule has 0 bridgehead atoms. The van der Waals surface area contributed by atoms with Gasteiger partial charge in [0, 0.05) is 41.9 Å². The predicted molar refractivity (Wildman–Crippen MR) is 422 cm³/mol. The monoisotopic (exact) mass is 1600 g/mol. The van der Waals surface area contributed by atoms with Gasteiger partial charge in [-0.3, -0.25) is 24.9 Å². The number of H-pyrrole nitrogens is 3. The molecule has 103 heavy (non-hydrogen) atoms. The molecule has 12 heterocycles. The number of carboxylic acids is 1. The molecule has 0 atom stereocenters. The highest BCUT2D eigenvalue weighted by Crippen LogP contribution is 2.29. The molecule has 2 aromatic carbocycles. The molecule has 0 radical (unpaired) electrons. The van der Waals surface area contributed by atoms with Crippen LogP contribution in [0.15, 0.2) is 237 Å². The zero-order valence-electron chi connectivity index (χ0n) is 55.1. The Kier molecular flexibility index (Phi) is 29.8. The Labute approximate surface area is 634 Å². The fourth-order valence-electron chi connectivity index (χ4n) is 9.35. The van der Waals surface area contributed by atoms with Crippen molar-refractivity contribution >= 4 is 131 Å². The zero-order valence-corrected chi connectivity index (χ0v) is 62.3. The van der Waals surface area contributed by atoms with Crippen LogP contribution >= 0.6 is 89.6 Å². The second kappa shape index (κ2) is 39.1. The number of nitrogens with two attached hydrogens (primary N) is 1. The number of ether oxygens (including phenoxy) is 1. The van der Waals surface area contributed by atoms with Gasteiger partial charge in [-0.25, -0.2) is 29.5 Å². The number of carbonyl (C=O) groups is 4. The molecule has 0 aliphatic heterocycles. The maximum Gasteiger partial charge on any atom is 0.435 e. The average molecular weight is 1600 g/mol. The largest absolute Gasteiger partial charge is 0.477 e. The van der Waals surface area contributed by atoms with E-state index in [0.717, 1.165) is 85.3 Å². The van der Waals surface area contributed by atoms with Crippen molar-refractivity contribution in [1.82, 2.24) is 60.3 Å². The Morgan fingerprint density at radius 2 is 0.932 bits per heavy atom. The standard InChI is InChI=1S/C21H18N4OS.C21H20N4S.C14H10BrN3OS.C12H15N3O2S.C6H4BrNO2.CH4.ClH/c26-19(13-16-12-18(25-24-16)20-9-5-11-27-20)17-8-4-10-21(23-17)22-14-15-6-2-1-3-7-15;1-2-6-16(7-3-1)15-22-21-10-4-8-17(23-21)11-12-18-14-19(25-24-18)20-9-5-13-26-20;15-14-5-1-3-10(16-14)12(19)8-9-7-11(18-17-9)13-4-2-6-20-13;1-12(2,3)17-11(16)15-8(7-10(13)14-15)9-5-4-6-18-9;7-5-3-1-2-4(8-5)6(9)10;;/h1-12H,13-14H2,(H,22,23)(H,24,25);1-10,13-14H,11-12,15H2,(H,22,23)(H,24,25);1-7H,8H2,(H,17,18);4-7H,1-3H3,(H2,13,14);1-3H,(H,9,10);1H4;1H. The SMILES string of the molecule is C.CC(C)(C)OC(=O)n1nc(N)cc1-c1cccs1.Cl.O=C(Cc1cc(-c2cccs2)n[nH]1)c1cccc(Br)n1.O=C(Cc1cc(-c2cccs2)n[nH]1)c1cccc(NCc2ccccc2)n1.O=C(O)c1cccc(Br)n1.c1ccc(CNc2cccc(CCc3cc(-c4cccs4)n[nH]3)n2)cc1. The molecule has 14 aromatic rings. The fraction of sp³-hybridized carbons (Fsp3) is 0.147. The number of Topliss-reactive ketones (excluding diaryl/α,β-unsaturated/α-hetero) is 2. The topological polar surface area (TPSA) is 303 Å². The summed E-state index contributed by atoms with van der Waals surface area (Å²) < 4.78 is 7.68. The Bertz CT molecular complexity index is 4910. The molecule has 0 spiro atoms. The van der Waals surface area contributed by atoms with Gasteiger partial charge in [-0.15, -0.1) is 62.9 Å². The van der Waals surface area contributed by atoms with Gasteiger partial charge in [0.2, 0.25) is 0 Å². The third kappa shape index (κ3) is 24.7. The van der Waals surface area contributed by atoms with Crippen molar-refractivity contribution < 1.29 is 29.0 Å². The Balaban J connectivity index is 0.000000167. The van der Waals surface area contributed by atoms with E-state index in [-0.39, 0.29) is 49.9 Å². The molecule has 14 rings (SSSR count). The van der Waals surface area contributed by atoms with Gasteiger partial charge >= 0.3 is 12.1 Å². The van der Waals surface area contributed by atoms with E-state index >= 15 is 0 Å². The van der Waals surface area contributed by atoms with Crippen LogP contribution in [0.2, 0.25) is 0 Å². The summed E-state index contributed by atoms with van der Waals surface area (Å²) in [6.07, 6.45) is 1.76. The summed E-state index contributed by atoms with van der Waals surface area (Å²) in [6.45, 7) is 6.87. The van der Waals surface area contributed by atoms with Crippen LogP contribution in [0.4, 0.5) is 22.2 Å². The number of thiophene rings is 4. The summed E-state index contributed by atoms with van der Waals surface area (Å²) in [4.78, 5) is 68.3. The summed E-state index contributed by atoms with van der Waals surface area (Å²) in [5, 5.41) is 49.0. The Morgan fingerprint density at radius 1 is 0.505 bits per heavy atom. The van der Waals surface area contributed by atoms with Gasteiger partial charge in [-0.1, -0.05) is 117 Å². The van der Waals surface area contributed by atoms with Crippen LogP contribution < -0.4 is 16.4 Å². The summed E-state index contributed by atoms with van der Waals surface area (Å²) in [5.74, 6) is 0.807. The molecular formula is C75H72Br2ClN15O6S4. The molecule has 8 N–H and O–H groups in total. The van der Waals surface area contributed by atoms with Crippen molar-refractivity contribution in [2.24, 2.45) is 0 Å². The van der Waals surface area contributed by atoms with Crippen molar-refractivity contribution in [2.75, 3.05) is 16.4 Å². The van der Waals surface area contributed by atoms with Gasteiger partial charge in [-0.2, -0.15) is 20.0 Å². The smallest absolute Gasteiger partial charge is 0.435 e. The number of halogens is 3. The molecule has 0 aliphatic rings. The first-order valence-corrected chi connectivity index (χ1v) is 36.4. The number of carboxylic acid groups (broad SMARTS) is 1. The molecule has 28 heteroatoms. The van der Waals surface area contributed by atoms with Crippen LogP contribution in [0.5, 0.6) is 0 Å². The molecule has 0 aliphatic carbocycles. The van der Waals surface area contributed by atoms with Crippen LogP contribution in [0, 0.1) is 0 Å². The minimum Gasteiger partial charge on any atom is -0.477 e. The molecular weight excluding hydrogens is 1530 g/mol. The van der Waals surface area contributed by atoms with Crippen molar-refractivity contribution in [3.63, 3.8) is 0 Å². The third-order valence-electron chi connectivity index (χ3n) is 14.0. The van der Waals surface area contributed by atoms with E-state index in [0.29, 0.717) is 44.5 Å². The zero-order chi connectivity index (χ0) is 70.9. The number of anilines is 3. The molecule has 0 unspecified atom stereocenters. The van der Waals surface area contributed by atoms with E-state index in [9.17, 15) is 19.2 Å².